The molecule has 0 saturated heterocycles. The summed E-state index contributed by atoms with van der Waals surface area (Å²) in [6.07, 6.45) is 0.263. The van der Waals surface area contributed by atoms with Gasteiger partial charge in [0.25, 0.3) is 0 Å². The highest BCUT2D eigenvalue weighted by molar-refractivity contribution is 9.10. The number of hydrogen-bond acceptors (Lipinski definition) is 2. The first-order valence-corrected chi connectivity index (χ1v) is 7.78. The van der Waals surface area contributed by atoms with Crippen LogP contribution in [0.5, 0.6) is 5.75 Å². The molecule has 20 heavy (non-hydrogen) atoms. The molecule has 0 aliphatic heterocycles. The van der Waals surface area contributed by atoms with Gasteiger partial charge >= 0.3 is 0 Å². The molecule has 104 valence electrons. The lowest BCUT2D eigenvalue weighted by Gasteiger charge is -2.08. The van der Waals surface area contributed by atoms with Crippen molar-refractivity contribution in [3.63, 3.8) is 0 Å². The molecule has 0 heterocycles. The van der Waals surface area contributed by atoms with Crippen LogP contribution in [0.1, 0.15) is 15.9 Å². The van der Waals surface area contributed by atoms with E-state index < -0.39 is 0 Å². The van der Waals surface area contributed by atoms with Crippen molar-refractivity contribution < 1.29 is 9.53 Å². The van der Waals surface area contributed by atoms with Crippen molar-refractivity contribution in [2.75, 3.05) is 7.11 Å². The lowest BCUT2D eigenvalue weighted by molar-refractivity contribution is 0.0993. The number of benzene rings is 2. The van der Waals surface area contributed by atoms with Gasteiger partial charge in [0.05, 0.1) is 12.1 Å². The lowest BCUT2D eigenvalue weighted by Crippen LogP contribution is -2.05. The summed E-state index contributed by atoms with van der Waals surface area (Å²) in [6.45, 7) is 0. The monoisotopic (exact) mass is 416 g/mol. The molecular formula is C15H11Br2ClO2. The Kier molecular flexibility index (Phi) is 5.24. The van der Waals surface area contributed by atoms with Gasteiger partial charge in [0.2, 0.25) is 0 Å². The van der Waals surface area contributed by atoms with Gasteiger partial charge in [0.15, 0.2) is 5.78 Å². The number of ether oxygens (including phenoxy) is 1. The Labute approximate surface area is 139 Å². The molecule has 0 aliphatic rings. The molecule has 2 aromatic carbocycles. The van der Waals surface area contributed by atoms with E-state index in [1.165, 1.54) is 0 Å². The summed E-state index contributed by atoms with van der Waals surface area (Å²) in [5.74, 6) is 0.689. The van der Waals surface area contributed by atoms with Crippen molar-refractivity contribution in [3.05, 3.63) is 61.5 Å². The molecule has 2 rings (SSSR count). The molecule has 0 spiro atoms. The second-order valence-corrected chi connectivity index (χ2v) is 6.36. The van der Waals surface area contributed by atoms with Gasteiger partial charge in [-0.1, -0.05) is 43.5 Å². The SMILES string of the molecule is COc1ccc(Br)c(CC(=O)c2ccc(Br)cc2Cl)c1. The van der Waals surface area contributed by atoms with Crippen LogP contribution in [0.3, 0.4) is 0 Å². The smallest absolute Gasteiger partial charge is 0.168 e. The van der Waals surface area contributed by atoms with Gasteiger partial charge in [-0.3, -0.25) is 4.79 Å². The van der Waals surface area contributed by atoms with E-state index in [1.54, 1.807) is 25.3 Å². The Bertz CT molecular complexity index is 656. The summed E-state index contributed by atoms with van der Waals surface area (Å²) in [6, 6.07) is 10.8. The highest BCUT2D eigenvalue weighted by Gasteiger charge is 2.13. The molecule has 0 fully saturated rings. The summed E-state index contributed by atoms with van der Waals surface area (Å²) in [4.78, 5) is 12.3. The third-order valence-corrected chi connectivity index (χ3v) is 4.42. The maximum absolute atomic E-state index is 12.3. The number of rotatable bonds is 4. The molecule has 0 atom stereocenters. The second-order valence-electron chi connectivity index (χ2n) is 4.18. The van der Waals surface area contributed by atoms with Crippen molar-refractivity contribution in [2.45, 2.75) is 6.42 Å². The number of ketones is 1. The molecule has 0 N–H and O–H groups in total. The average Bonchev–Trinajstić information content (AvgIpc) is 2.41. The van der Waals surface area contributed by atoms with E-state index in [-0.39, 0.29) is 12.2 Å². The van der Waals surface area contributed by atoms with E-state index in [1.807, 2.05) is 18.2 Å². The first kappa shape index (κ1) is 15.5. The van der Waals surface area contributed by atoms with Crippen molar-refractivity contribution in [1.29, 1.82) is 0 Å². The quantitative estimate of drug-likeness (QED) is 0.630. The summed E-state index contributed by atoms with van der Waals surface area (Å²) >= 11 is 12.9. The Hall–Kier alpha value is -0.840. The fraction of sp³-hybridized carbons (Fsp3) is 0.133. The highest BCUT2D eigenvalue weighted by Crippen LogP contribution is 2.26. The number of methoxy groups -OCH3 is 1. The van der Waals surface area contributed by atoms with E-state index in [0.29, 0.717) is 10.6 Å². The van der Waals surface area contributed by atoms with Gasteiger partial charge in [-0.15, -0.1) is 0 Å². The molecule has 5 heteroatoms. The fourth-order valence-corrected chi connectivity index (χ4v) is 2.96. The van der Waals surface area contributed by atoms with Crippen molar-refractivity contribution in [1.82, 2.24) is 0 Å². The van der Waals surface area contributed by atoms with E-state index in [4.69, 9.17) is 16.3 Å². The van der Waals surface area contributed by atoms with Crippen molar-refractivity contribution in [3.8, 4) is 5.75 Å². The third kappa shape index (κ3) is 3.62. The van der Waals surface area contributed by atoms with Crippen LogP contribution in [0.2, 0.25) is 5.02 Å². The van der Waals surface area contributed by atoms with Gasteiger partial charge in [-0.2, -0.15) is 0 Å². The van der Waals surface area contributed by atoms with E-state index in [2.05, 4.69) is 31.9 Å². The van der Waals surface area contributed by atoms with Crippen molar-refractivity contribution >= 4 is 49.2 Å². The summed E-state index contributed by atoms with van der Waals surface area (Å²) < 4.78 is 6.90. The number of Topliss-reactive ketones (excluding diaryl/α,β-unsaturated/α-hetero) is 1. The molecular weight excluding hydrogens is 407 g/mol. The van der Waals surface area contributed by atoms with E-state index >= 15 is 0 Å². The minimum atomic E-state index is -0.0311. The largest absolute Gasteiger partial charge is 0.497 e. The molecule has 0 amide bonds. The normalized spacial score (nSPS) is 10.4. The standard InChI is InChI=1S/C15H11Br2ClO2/c1-20-11-3-5-13(17)9(6-11)7-15(19)12-4-2-10(16)8-14(12)18/h2-6,8H,7H2,1H3. The Morgan fingerprint density at radius 2 is 1.95 bits per heavy atom. The lowest BCUT2D eigenvalue weighted by atomic mass is 10.0. The van der Waals surface area contributed by atoms with Crippen LogP contribution in [0, 0.1) is 0 Å². The van der Waals surface area contributed by atoms with Gasteiger partial charge in [-0.25, -0.2) is 0 Å². The predicted octanol–water partition coefficient (Wildman–Crippen LogP) is 5.30. The summed E-state index contributed by atoms with van der Waals surface area (Å²) in [7, 11) is 1.60. The predicted molar refractivity (Wildman–Crippen MR) is 87.9 cm³/mol. The van der Waals surface area contributed by atoms with E-state index in [9.17, 15) is 4.79 Å². The minimum Gasteiger partial charge on any atom is -0.497 e. The number of carbonyl (C=O) groups is 1. The second kappa shape index (κ2) is 6.74. The van der Waals surface area contributed by atoms with Crippen LogP contribution >= 0.6 is 43.5 Å². The van der Waals surface area contributed by atoms with Gasteiger partial charge in [0.1, 0.15) is 5.75 Å². The van der Waals surface area contributed by atoms with Crippen LogP contribution in [0.4, 0.5) is 0 Å². The molecule has 0 saturated carbocycles. The number of hydrogen-bond donors (Lipinski definition) is 0. The van der Waals surface area contributed by atoms with Gasteiger partial charge in [-0.05, 0) is 42.0 Å². The fourth-order valence-electron chi connectivity index (χ4n) is 1.80. The summed E-state index contributed by atoms with van der Waals surface area (Å²) in [5, 5.41) is 0.448. The molecule has 0 aromatic heterocycles. The average molecular weight is 419 g/mol. The molecule has 0 unspecified atom stereocenters. The molecule has 0 radical (unpaired) electrons. The summed E-state index contributed by atoms with van der Waals surface area (Å²) in [5.41, 5.74) is 1.39. The molecule has 2 nitrogen and oxygen atoms in total. The molecule has 2 aromatic rings. The first-order valence-electron chi connectivity index (χ1n) is 5.82. The Morgan fingerprint density at radius 3 is 2.60 bits per heavy atom. The van der Waals surface area contributed by atoms with Gasteiger partial charge < -0.3 is 4.74 Å². The minimum absolute atomic E-state index is 0.0311. The number of carbonyl (C=O) groups excluding carboxylic acids is 1. The maximum atomic E-state index is 12.3. The van der Waals surface area contributed by atoms with Crippen molar-refractivity contribution in [2.24, 2.45) is 0 Å². The topological polar surface area (TPSA) is 26.3 Å². The number of halogens is 3. The molecule has 0 aliphatic carbocycles. The first-order chi connectivity index (χ1) is 9.51. The van der Waals surface area contributed by atoms with Gasteiger partial charge in [0, 0.05) is 20.9 Å². The Balaban J connectivity index is 2.27. The zero-order valence-corrected chi connectivity index (χ0v) is 14.5. The zero-order valence-electron chi connectivity index (χ0n) is 10.6. The van der Waals surface area contributed by atoms with Crippen LogP contribution in [0.15, 0.2) is 45.3 Å². The van der Waals surface area contributed by atoms with E-state index in [0.717, 1.165) is 20.3 Å². The van der Waals surface area contributed by atoms with Crippen LogP contribution in [-0.4, -0.2) is 12.9 Å². The van der Waals surface area contributed by atoms with Crippen LogP contribution in [0.25, 0.3) is 0 Å². The van der Waals surface area contributed by atoms with Crippen LogP contribution < -0.4 is 4.74 Å². The molecule has 0 bridgehead atoms. The Morgan fingerprint density at radius 1 is 1.20 bits per heavy atom. The zero-order chi connectivity index (χ0) is 14.7. The van der Waals surface area contributed by atoms with Crippen LogP contribution in [-0.2, 0) is 6.42 Å². The third-order valence-electron chi connectivity index (χ3n) is 2.84. The maximum Gasteiger partial charge on any atom is 0.168 e. The highest BCUT2D eigenvalue weighted by atomic mass is 79.9.